The fourth-order valence-corrected chi connectivity index (χ4v) is 2.68. The predicted octanol–water partition coefficient (Wildman–Crippen LogP) is 5.21. The summed E-state index contributed by atoms with van der Waals surface area (Å²) < 4.78 is 6.68. The molecular formula is C19H23BrN2O2. The first-order chi connectivity index (χ1) is 11.3. The maximum atomic E-state index is 11.9. The highest BCUT2D eigenvalue weighted by Crippen LogP contribution is 2.31. The number of carbonyl (C=O) groups is 1. The summed E-state index contributed by atoms with van der Waals surface area (Å²) in [6.45, 7) is 8.58. The maximum Gasteiger partial charge on any atom is 0.321 e. The van der Waals surface area contributed by atoms with Crippen LogP contribution in [0.4, 0.5) is 10.5 Å². The smallest absolute Gasteiger partial charge is 0.321 e. The monoisotopic (exact) mass is 390 g/mol. The molecule has 5 heteroatoms. The quantitative estimate of drug-likeness (QED) is 0.703. The number of ether oxygens (including phenoxy) is 1. The summed E-state index contributed by atoms with van der Waals surface area (Å²) in [5.41, 5.74) is 3.00. The molecule has 0 aromatic heterocycles. The first-order valence-electron chi connectivity index (χ1n) is 7.80. The van der Waals surface area contributed by atoms with Crippen LogP contribution in [0.15, 0.2) is 46.9 Å². The van der Waals surface area contributed by atoms with Crippen LogP contribution in [0.1, 0.15) is 31.9 Å². The third kappa shape index (κ3) is 5.27. The van der Waals surface area contributed by atoms with Gasteiger partial charge in [-0.3, -0.25) is 0 Å². The zero-order chi connectivity index (χ0) is 17.7. The average Bonchev–Trinajstić information content (AvgIpc) is 2.47. The molecule has 0 saturated heterocycles. The number of rotatable bonds is 4. The van der Waals surface area contributed by atoms with Gasteiger partial charge in [0.25, 0.3) is 0 Å². The summed E-state index contributed by atoms with van der Waals surface area (Å²) in [5, 5.41) is 5.47. The Morgan fingerprint density at radius 1 is 1.17 bits per heavy atom. The zero-order valence-corrected chi connectivity index (χ0v) is 16.0. The Morgan fingerprint density at radius 3 is 2.58 bits per heavy atom. The van der Waals surface area contributed by atoms with Crippen LogP contribution in [0.2, 0.25) is 0 Å². The summed E-state index contributed by atoms with van der Waals surface area (Å²) in [7, 11) is 0. The second-order valence-electron chi connectivity index (χ2n) is 6.68. The van der Waals surface area contributed by atoms with E-state index in [0.29, 0.717) is 5.69 Å². The van der Waals surface area contributed by atoms with Crippen LogP contribution in [0.25, 0.3) is 0 Å². The van der Waals surface area contributed by atoms with Crippen LogP contribution in [0.5, 0.6) is 5.75 Å². The van der Waals surface area contributed by atoms with Gasteiger partial charge in [0.1, 0.15) is 5.75 Å². The van der Waals surface area contributed by atoms with Gasteiger partial charge in [-0.15, -0.1) is 0 Å². The number of aryl methyl sites for hydroxylation is 1. The summed E-state index contributed by atoms with van der Waals surface area (Å²) in [4.78, 5) is 11.9. The van der Waals surface area contributed by atoms with Crippen molar-refractivity contribution in [3.05, 3.63) is 58.1 Å². The summed E-state index contributed by atoms with van der Waals surface area (Å²) in [6.07, 6.45) is 0. The number of hydrogen-bond acceptors (Lipinski definition) is 2. The number of urea groups is 1. The number of hydrogen-bond donors (Lipinski definition) is 2. The van der Waals surface area contributed by atoms with E-state index in [1.165, 1.54) is 5.56 Å². The molecule has 0 radical (unpaired) electrons. The minimum Gasteiger partial charge on any atom is -0.473 e. The van der Waals surface area contributed by atoms with Crippen molar-refractivity contribution in [2.45, 2.75) is 33.1 Å². The van der Waals surface area contributed by atoms with Crippen molar-refractivity contribution in [3.63, 3.8) is 0 Å². The van der Waals surface area contributed by atoms with Crippen molar-refractivity contribution in [2.75, 3.05) is 12.0 Å². The van der Waals surface area contributed by atoms with Gasteiger partial charge in [0.2, 0.25) is 0 Å². The van der Waals surface area contributed by atoms with Gasteiger partial charge < -0.3 is 15.4 Å². The molecule has 2 N–H and O–H groups in total. The number of amides is 2. The second kappa shape index (κ2) is 7.71. The zero-order valence-electron chi connectivity index (χ0n) is 14.4. The molecule has 0 spiro atoms. The molecule has 128 valence electrons. The number of benzene rings is 2. The van der Waals surface area contributed by atoms with E-state index in [-0.39, 0.29) is 18.2 Å². The van der Waals surface area contributed by atoms with Crippen molar-refractivity contribution in [3.8, 4) is 5.75 Å². The van der Waals surface area contributed by atoms with Crippen molar-refractivity contribution in [2.24, 2.45) is 0 Å². The molecule has 4 nitrogen and oxygen atoms in total. The van der Waals surface area contributed by atoms with E-state index in [4.69, 9.17) is 4.74 Å². The standard InChI is InChI=1S/C19H23BrN2O2/c1-13-8-9-17(16(10-13)19(2,3)4)24-12-21-18(23)22-15-7-5-6-14(20)11-15/h5-11H,12H2,1-4H3,(H2,21,22,23). The van der Waals surface area contributed by atoms with E-state index in [0.717, 1.165) is 15.8 Å². The normalized spacial score (nSPS) is 11.0. The Balaban J connectivity index is 1.93. The molecule has 0 aliphatic rings. The van der Waals surface area contributed by atoms with Crippen molar-refractivity contribution >= 4 is 27.6 Å². The average molecular weight is 391 g/mol. The van der Waals surface area contributed by atoms with E-state index in [1.54, 1.807) is 0 Å². The van der Waals surface area contributed by atoms with Gasteiger partial charge in [0.05, 0.1) is 0 Å². The summed E-state index contributed by atoms with van der Waals surface area (Å²) in [5.74, 6) is 0.788. The molecule has 0 aliphatic carbocycles. The third-order valence-corrected chi connectivity index (χ3v) is 3.98. The molecule has 0 fully saturated rings. The first-order valence-corrected chi connectivity index (χ1v) is 8.59. The summed E-state index contributed by atoms with van der Waals surface area (Å²) in [6, 6.07) is 13.2. The van der Waals surface area contributed by atoms with Crippen LogP contribution < -0.4 is 15.4 Å². The van der Waals surface area contributed by atoms with E-state index >= 15 is 0 Å². The molecule has 0 heterocycles. The molecule has 0 aliphatic heterocycles. The molecule has 2 amide bonds. The Labute approximate surface area is 151 Å². The van der Waals surface area contributed by atoms with Crippen molar-refractivity contribution in [1.29, 1.82) is 0 Å². The molecule has 0 atom stereocenters. The maximum absolute atomic E-state index is 11.9. The Hall–Kier alpha value is -2.01. The number of halogens is 1. The van der Waals surface area contributed by atoms with Gasteiger partial charge in [-0.05, 0) is 42.2 Å². The topological polar surface area (TPSA) is 50.4 Å². The largest absolute Gasteiger partial charge is 0.473 e. The molecule has 0 bridgehead atoms. The second-order valence-corrected chi connectivity index (χ2v) is 7.60. The lowest BCUT2D eigenvalue weighted by Gasteiger charge is -2.23. The van der Waals surface area contributed by atoms with E-state index in [1.807, 2.05) is 36.4 Å². The molecule has 24 heavy (non-hydrogen) atoms. The molecule has 0 unspecified atom stereocenters. The first kappa shape index (κ1) is 18.3. The molecular weight excluding hydrogens is 368 g/mol. The van der Waals surface area contributed by atoms with Crippen molar-refractivity contribution in [1.82, 2.24) is 5.32 Å². The van der Waals surface area contributed by atoms with Gasteiger partial charge in [-0.25, -0.2) is 4.79 Å². The van der Waals surface area contributed by atoms with E-state index in [2.05, 4.69) is 60.3 Å². The number of anilines is 1. The van der Waals surface area contributed by atoms with Crippen LogP contribution in [-0.2, 0) is 5.41 Å². The molecule has 2 rings (SSSR count). The van der Waals surface area contributed by atoms with E-state index in [9.17, 15) is 4.79 Å². The summed E-state index contributed by atoms with van der Waals surface area (Å²) >= 11 is 3.37. The molecule has 2 aromatic carbocycles. The van der Waals surface area contributed by atoms with Gasteiger partial charge in [-0.2, -0.15) is 0 Å². The van der Waals surface area contributed by atoms with Crippen molar-refractivity contribution < 1.29 is 9.53 Å². The minimum atomic E-state index is -0.308. The minimum absolute atomic E-state index is 0.0278. The highest BCUT2D eigenvalue weighted by atomic mass is 79.9. The fraction of sp³-hybridized carbons (Fsp3) is 0.316. The van der Waals surface area contributed by atoms with Crippen LogP contribution in [0, 0.1) is 6.92 Å². The third-order valence-electron chi connectivity index (χ3n) is 3.49. The Morgan fingerprint density at radius 2 is 1.92 bits per heavy atom. The molecule has 0 saturated carbocycles. The van der Waals surface area contributed by atoms with Crippen LogP contribution >= 0.6 is 15.9 Å². The predicted molar refractivity (Wildman–Crippen MR) is 102 cm³/mol. The lowest BCUT2D eigenvalue weighted by atomic mass is 9.85. The SMILES string of the molecule is Cc1ccc(OCNC(=O)Nc2cccc(Br)c2)c(C(C)(C)C)c1. The highest BCUT2D eigenvalue weighted by Gasteiger charge is 2.19. The highest BCUT2D eigenvalue weighted by molar-refractivity contribution is 9.10. The Bertz CT molecular complexity index is 724. The lowest BCUT2D eigenvalue weighted by molar-refractivity contribution is 0.233. The van der Waals surface area contributed by atoms with E-state index < -0.39 is 0 Å². The number of carbonyl (C=O) groups excluding carboxylic acids is 1. The lowest BCUT2D eigenvalue weighted by Crippen LogP contribution is -2.32. The van der Waals surface area contributed by atoms with Gasteiger partial charge >= 0.3 is 6.03 Å². The molecule has 2 aromatic rings. The van der Waals surface area contributed by atoms with Crippen LogP contribution in [-0.4, -0.2) is 12.8 Å². The van der Waals surface area contributed by atoms with Gasteiger partial charge in [-0.1, -0.05) is 60.5 Å². The fourth-order valence-electron chi connectivity index (χ4n) is 2.28. The number of nitrogens with one attached hydrogen (secondary N) is 2. The van der Waals surface area contributed by atoms with Gasteiger partial charge in [0, 0.05) is 10.2 Å². The van der Waals surface area contributed by atoms with Crippen LogP contribution in [0.3, 0.4) is 0 Å². The Kier molecular flexibility index (Phi) is 5.89. The van der Waals surface area contributed by atoms with Gasteiger partial charge in [0.15, 0.2) is 6.73 Å².